The normalized spacial score (nSPS) is 15.6. The number of fused-ring (bicyclic) bond motifs is 9. The summed E-state index contributed by atoms with van der Waals surface area (Å²) in [7, 11) is 4.33. The average molecular weight is 1200 g/mol. The molecule has 10 nitrogen and oxygen atoms in total. The molecule has 0 amide bonds. The molecular formula is C78H98B2N10. The molecule has 12 heteroatoms. The number of benzene rings is 5. The van der Waals surface area contributed by atoms with E-state index in [-0.39, 0.29) is 0 Å². The maximum Gasteiger partial charge on any atom is 0.285 e. The van der Waals surface area contributed by atoms with E-state index in [9.17, 15) is 0 Å². The molecule has 3 aliphatic carbocycles. The summed E-state index contributed by atoms with van der Waals surface area (Å²) in [4.78, 5) is 36.2. The summed E-state index contributed by atoms with van der Waals surface area (Å²) in [5.41, 5.74) is 25.2. The Labute approximate surface area is 541 Å². The molecule has 2 aliphatic heterocycles. The molecule has 0 spiro atoms. The summed E-state index contributed by atoms with van der Waals surface area (Å²) in [6, 6.07) is 47.0. The van der Waals surface area contributed by atoms with Crippen molar-refractivity contribution < 1.29 is 0 Å². The number of para-hydroxylation sites is 2. The molecule has 0 radical (unpaired) electrons. The van der Waals surface area contributed by atoms with Crippen molar-refractivity contribution in [2.75, 3.05) is 23.7 Å². The van der Waals surface area contributed by atoms with Crippen LogP contribution in [0.25, 0.3) is 22.3 Å². The van der Waals surface area contributed by atoms with E-state index in [4.69, 9.17) is 0 Å². The Morgan fingerprint density at radius 3 is 0.911 bits per heavy atom. The van der Waals surface area contributed by atoms with Gasteiger partial charge in [0.25, 0.3) is 13.7 Å². The zero-order chi connectivity index (χ0) is 65.3. The number of nitrogens with zero attached hydrogens (tertiary/aromatic N) is 10. The summed E-state index contributed by atoms with van der Waals surface area (Å²) in [5, 5.41) is 0. The van der Waals surface area contributed by atoms with Crippen LogP contribution in [0.1, 0.15) is 107 Å². The van der Waals surface area contributed by atoms with Gasteiger partial charge in [0.2, 0.25) is 0 Å². The molecule has 15 rings (SSSR count). The number of rotatable bonds is 0. The summed E-state index contributed by atoms with van der Waals surface area (Å²) in [6.07, 6.45) is 23.6. The van der Waals surface area contributed by atoms with Crippen LogP contribution in [0.3, 0.4) is 0 Å². The number of aryl methyl sites for hydroxylation is 12. The fourth-order valence-electron chi connectivity index (χ4n) is 11.3. The van der Waals surface area contributed by atoms with Gasteiger partial charge in [-0.1, -0.05) is 137 Å². The van der Waals surface area contributed by atoms with Gasteiger partial charge in [-0.2, -0.15) is 0 Å². The molecule has 5 aliphatic rings. The van der Waals surface area contributed by atoms with Crippen molar-refractivity contribution in [1.82, 2.24) is 39.9 Å². The number of hydrogen-bond donors (Lipinski definition) is 0. The smallest absolute Gasteiger partial charge is 0.285 e. The van der Waals surface area contributed by atoms with E-state index in [0.717, 1.165) is 57.6 Å². The molecule has 0 unspecified atom stereocenters. The molecule has 5 aromatic heterocycles. The maximum atomic E-state index is 4.02. The van der Waals surface area contributed by atoms with Crippen LogP contribution in [0.15, 0.2) is 196 Å². The molecule has 0 saturated heterocycles. The molecular weight excluding hydrogens is 1100 g/mol. The summed E-state index contributed by atoms with van der Waals surface area (Å²) in [5.74, 6) is 4.26. The van der Waals surface area contributed by atoms with E-state index < -0.39 is 0 Å². The third-order valence-electron chi connectivity index (χ3n) is 18.7. The number of aromatic nitrogens is 8. The Bertz CT molecular complexity index is 3110. The summed E-state index contributed by atoms with van der Waals surface area (Å²) >= 11 is 0. The second-order valence-electron chi connectivity index (χ2n) is 24.5. The van der Waals surface area contributed by atoms with Crippen LogP contribution in [0, 0.1) is 107 Å². The van der Waals surface area contributed by atoms with E-state index in [1.807, 2.05) is 90.9 Å². The molecule has 7 heterocycles. The highest BCUT2D eigenvalue weighted by Crippen LogP contribution is 2.48. The predicted octanol–water partition coefficient (Wildman–Crippen LogP) is 17.3. The van der Waals surface area contributed by atoms with Gasteiger partial charge >= 0.3 is 0 Å². The third-order valence-corrected chi connectivity index (χ3v) is 18.7. The van der Waals surface area contributed by atoms with Crippen LogP contribution < -0.4 is 20.5 Å². The van der Waals surface area contributed by atoms with E-state index >= 15 is 0 Å². The minimum absolute atomic E-state index is 0.450. The van der Waals surface area contributed by atoms with Crippen molar-refractivity contribution in [2.45, 2.75) is 136 Å². The third kappa shape index (κ3) is 20.2. The van der Waals surface area contributed by atoms with Crippen LogP contribution in [-0.2, 0) is 0 Å². The van der Waals surface area contributed by atoms with Gasteiger partial charge in [0, 0.05) is 83.5 Å². The molecule has 0 N–H and O–H groups in total. The van der Waals surface area contributed by atoms with Crippen molar-refractivity contribution in [1.29, 1.82) is 0 Å². The van der Waals surface area contributed by atoms with Gasteiger partial charge in [0.15, 0.2) is 0 Å². The van der Waals surface area contributed by atoms with E-state index in [2.05, 4.69) is 254 Å². The zero-order valence-electron chi connectivity index (χ0n) is 57.2. The predicted molar refractivity (Wildman–Crippen MR) is 385 cm³/mol. The Balaban J connectivity index is 0.000000164. The first-order valence-electron chi connectivity index (χ1n) is 32.0. The SMILES string of the molecule is CB1c2ccccc2-c2ccccc2N1C.CB1c2ccccc2-c2ccccc2N1C.C[C@@H]1C2CCC(CC2)[C@@H]1C.Cc1ccccc1C.Cc1ccncc1C.Cc1ccncc1C.Cc1cncnc1C.Cc1cncnc1C.Cc1nccnc1C. The molecule has 5 aromatic carbocycles. The van der Waals surface area contributed by atoms with E-state index in [1.165, 1.54) is 104 Å². The first-order chi connectivity index (χ1) is 43.2. The van der Waals surface area contributed by atoms with Crippen LogP contribution in [0.4, 0.5) is 11.4 Å². The minimum atomic E-state index is 0.450. The van der Waals surface area contributed by atoms with Gasteiger partial charge in [0.05, 0.1) is 11.4 Å². The molecule has 466 valence electrons. The van der Waals surface area contributed by atoms with Crippen molar-refractivity contribution in [3.05, 3.63) is 263 Å². The van der Waals surface area contributed by atoms with Gasteiger partial charge in [-0.05, 0) is 237 Å². The second kappa shape index (κ2) is 35.5. The van der Waals surface area contributed by atoms with Crippen LogP contribution in [0.2, 0.25) is 13.6 Å². The van der Waals surface area contributed by atoms with Crippen molar-refractivity contribution >= 4 is 36.0 Å². The summed E-state index contributed by atoms with van der Waals surface area (Å²) < 4.78 is 0. The quantitative estimate of drug-likeness (QED) is 0.136. The van der Waals surface area contributed by atoms with Gasteiger partial charge in [0.1, 0.15) is 12.7 Å². The molecule has 90 heavy (non-hydrogen) atoms. The molecule has 3 fully saturated rings. The van der Waals surface area contributed by atoms with Gasteiger partial charge < -0.3 is 9.62 Å². The van der Waals surface area contributed by atoms with E-state index in [1.54, 1.807) is 25.0 Å². The number of hydrogen-bond acceptors (Lipinski definition) is 10. The molecule has 3 saturated carbocycles. The number of pyridine rings is 2. The standard InChI is InChI=1S/2C14H14BN.C10H18.C8H10.2C7H9N.3C6H8N2/c2*1-15-13-9-5-3-7-11(13)12-8-4-6-10-14(12)16(15)2;1-7-8(2)10-5-3-9(7)4-6-10;1-7-5-3-4-6-8(7)2;2*1-6-3-4-8-5-7(6)2;2*1-5-3-7-4-8-6(5)2;1-5-6(2)8-4-3-7-5/h2*3-10H,1-2H3;7-10H,3-6H2,1-2H3;3-6H,1-2H3;2*3-5H,1-2H3;3*3-4H,1-2H3/t;;7-,8+,9?,10?;;;;;;. The van der Waals surface area contributed by atoms with Crippen LogP contribution in [0.5, 0.6) is 0 Å². The van der Waals surface area contributed by atoms with E-state index in [0.29, 0.717) is 13.7 Å². The second-order valence-corrected chi connectivity index (χ2v) is 24.5. The first-order valence-corrected chi connectivity index (χ1v) is 32.0. The Kier molecular flexibility index (Phi) is 27.8. The fraction of sp³-hybridized carbons (Fsp3) is 0.333. The van der Waals surface area contributed by atoms with Crippen molar-refractivity contribution in [3.63, 3.8) is 0 Å². The lowest BCUT2D eigenvalue weighted by atomic mass is 9.52. The highest BCUT2D eigenvalue weighted by molar-refractivity contribution is 6.78. The Morgan fingerprint density at radius 2 is 0.633 bits per heavy atom. The fourth-order valence-corrected chi connectivity index (χ4v) is 11.3. The topological polar surface area (TPSA) is 110 Å². The lowest BCUT2D eigenvalue weighted by Gasteiger charge is -2.46. The van der Waals surface area contributed by atoms with Crippen molar-refractivity contribution in [2.24, 2.45) is 23.7 Å². The first kappa shape index (κ1) is 70.5. The Morgan fingerprint density at radius 1 is 0.322 bits per heavy atom. The van der Waals surface area contributed by atoms with Crippen molar-refractivity contribution in [3.8, 4) is 22.3 Å². The largest absolute Gasteiger partial charge is 0.413 e. The van der Waals surface area contributed by atoms with Crippen LogP contribution >= 0.6 is 0 Å². The zero-order valence-corrected chi connectivity index (χ0v) is 57.2. The van der Waals surface area contributed by atoms with Gasteiger partial charge in [-0.25, -0.2) is 19.9 Å². The molecule has 10 aromatic rings. The molecule has 2 atom stereocenters. The average Bonchev–Trinajstić information content (AvgIpc) is 0.932. The lowest BCUT2D eigenvalue weighted by Crippen LogP contribution is -2.47. The highest BCUT2D eigenvalue weighted by Gasteiger charge is 2.38. The maximum absolute atomic E-state index is 4.02. The van der Waals surface area contributed by atoms with Gasteiger partial charge in [-0.3, -0.25) is 19.9 Å². The monoisotopic (exact) mass is 1200 g/mol. The highest BCUT2D eigenvalue weighted by atomic mass is 15.0. The summed E-state index contributed by atoms with van der Waals surface area (Å²) in [6.45, 7) is 34.7. The molecule has 2 bridgehead atoms. The van der Waals surface area contributed by atoms with Crippen LogP contribution in [-0.4, -0.2) is 67.7 Å². The Hall–Kier alpha value is -8.63. The lowest BCUT2D eigenvalue weighted by molar-refractivity contribution is 0.0455. The number of anilines is 2. The van der Waals surface area contributed by atoms with Gasteiger partial charge in [-0.15, -0.1) is 0 Å². The minimum Gasteiger partial charge on any atom is -0.413 e.